The first-order valence-electron chi connectivity index (χ1n) is 9.03. The van der Waals surface area contributed by atoms with E-state index >= 15 is 0 Å². The van der Waals surface area contributed by atoms with Crippen molar-refractivity contribution in [2.75, 3.05) is 6.61 Å². The Labute approximate surface area is 145 Å². The van der Waals surface area contributed by atoms with Gasteiger partial charge in [0.05, 0.1) is 6.61 Å². The number of hydrogen-bond acceptors (Lipinski definition) is 4. The summed E-state index contributed by atoms with van der Waals surface area (Å²) in [5.74, 6) is -0.466. The molecule has 0 heterocycles. The van der Waals surface area contributed by atoms with E-state index < -0.39 is 17.4 Å². The molecular weight excluding hydrogens is 304 g/mol. The Morgan fingerprint density at radius 1 is 0.958 bits per heavy atom. The van der Waals surface area contributed by atoms with Gasteiger partial charge in [-0.3, -0.25) is 9.59 Å². The third-order valence-corrected chi connectivity index (χ3v) is 4.53. The van der Waals surface area contributed by atoms with Crippen LogP contribution in [0.3, 0.4) is 0 Å². The van der Waals surface area contributed by atoms with Gasteiger partial charge in [0.25, 0.3) is 0 Å². The number of rotatable bonds is 10. The SMILES string of the molecule is CCCCCOC(=O)C(CC)(CC)C(=O)Oc1ccccc1CC. The minimum Gasteiger partial charge on any atom is -0.465 e. The Bertz CT molecular complexity index is 532. The average Bonchev–Trinajstić information content (AvgIpc) is 2.60. The Hall–Kier alpha value is -1.84. The van der Waals surface area contributed by atoms with Crippen molar-refractivity contribution in [3.8, 4) is 5.75 Å². The molecule has 0 bridgehead atoms. The Kier molecular flexibility index (Phi) is 8.51. The Balaban J connectivity index is 2.88. The van der Waals surface area contributed by atoms with Crippen LogP contribution >= 0.6 is 0 Å². The molecule has 1 aromatic carbocycles. The van der Waals surface area contributed by atoms with Gasteiger partial charge in [0.15, 0.2) is 5.41 Å². The first-order chi connectivity index (χ1) is 11.6. The fourth-order valence-corrected chi connectivity index (χ4v) is 2.66. The van der Waals surface area contributed by atoms with Gasteiger partial charge in [0.1, 0.15) is 5.75 Å². The summed E-state index contributed by atoms with van der Waals surface area (Å²) >= 11 is 0. The minimum absolute atomic E-state index is 0.354. The zero-order valence-corrected chi connectivity index (χ0v) is 15.4. The second-order valence-electron chi connectivity index (χ2n) is 5.98. The molecule has 0 unspecified atom stereocenters. The van der Waals surface area contributed by atoms with Crippen LogP contribution in [0.4, 0.5) is 0 Å². The summed E-state index contributed by atoms with van der Waals surface area (Å²) in [5.41, 5.74) is -0.282. The van der Waals surface area contributed by atoms with Crippen molar-refractivity contribution in [2.45, 2.75) is 66.2 Å². The number of benzene rings is 1. The van der Waals surface area contributed by atoms with E-state index in [1.807, 2.05) is 39.0 Å². The molecule has 0 amide bonds. The van der Waals surface area contributed by atoms with Crippen molar-refractivity contribution in [2.24, 2.45) is 5.41 Å². The molecule has 4 heteroatoms. The van der Waals surface area contributed by atoms with Gasteiger partial charge in [-0.05, 0) is 37.3 Å². The summed E-state index contributed by atoms with van der Waals surface area (Å²) < 4.78 is 11.0. The van der Waals surface area contributed by atoms with E-state index in [2.05, 4.69) is 6.92 Å². The zero-order chi connectivity index (χ0) is 18.0. The second-order valence-corrected chi connectivity index (χ2v) is 5.98. The zero-order valence-electron chi connectivity index (χ0n) is 15.4. The molecule has 0 aliphatic heterocycles. The lowest BCUT2D eigenvalue weighted by atomic mass is 9.82. The number of carbonyl (C=O) groups is 2. The predicted molar refractivity (Wildman–Crippen MR) is 95.0 cm³/mol. The number of hydrogen-bond donors (Lipinski definition) is 0. The molecule has 1 aromatic rings. The van der Waals surface area contributed by atoms with Gasteiger partial charge < -0.3 is 9.47 Å². The molecule has 24 heavy (non-hydrogen) atoms. The molecule has 0 saturated carbocycles. The van der Waals surface area contributed by atoms with Crippen LogP contribution in [0.2, 0.25) is 0 Å². The van der Waals surface area contributed by atoms with E-state index in [1.165, 1.54) is 0 Å². The molecule has 0 spiro atoms. The van der Waals surface area contributed by atoms with Gasteiger partial charge in [-0.1, -0.05) is 58.7 Å². The quantitative estimate of drug-likeness (QED) is 0.269. The summed E-state index contributed by atoms with van der Waals surface area (Å²) in [4.78, 5) is 25.3. The monoisotopic (exact) mass is 334 g/mol. The van der Waals surface area contributed by atoms with Crippen LogP contribution in [0.5, 0.6) is 5.75 Å². The van der Waals surface area contributed by atoms with Crippen molar-refractivity contribution in [1.29, 1.82) is 0 Å². The van der Waals surface area contributed by atoms with Crippen molar-refractivity contribution in [3.05, 3.63) is 29.8 Å². The highest BCUT2D eigenvalue weighted by atomic mass is 16.6. The Morgan fingerprint density at radius 3 is 2.21 bits per heavy atom. The van der Waals surface area contributed by atoms with E-state index in [-0.39, 0.29) is 0 Å². The molecule has 4 nitrogen and oxygen atoms in total. The highest BCUT2D eigenvalue weighted by Crippen LogP contribution is 2.32. The molecular formula is C20H30O4. The molecule has 0 saturated heterocycles. The highest BCUT2D eigenvalue weighted by Gasteiger charge is 2.46. The van der Waals surface area contributed by atoms with Gasteiger partial charge >= 0.3 is 11.9 Å². The second kappa shape index (κ2) is 10.1. The first-order valence-corrected chi connectivity index (χ1v) is 9.03. The number of ether oxygens (including phenoxy) is 2. The van der Waals surface area contributed by atoms with Gasteiger partial charge in [-0.2, -0.15) is 0 Å². The van der Waals surface area contributed by atoms with E-state index in [1.54, 1.807) is 6.07 Å². The summed E-state index contributed by atoms with van der Waals surface area (Å²) in [5, 5.41) is 0. The molecule has 0 N–H and O–H groups in total. The van der Waals surface area contributed by atoms with Crippen LogP contribution in [0.1, 0.15) is 65.4 Å². The van der Waals surface area contributed by atoms with Crippen LogP contribution in [0.25, 0.3) is 0 Å². The summed E-state index contributed by atoms with van der Waals surface area (Å²) in [6.45, 7) is 8.09. The van der Waals surface area contributed by atoms with E-state index in [9.17, 15) is 9.59 Å². The molecule has 134 valence electrons. The Morgan fingerprint density at radius 2 is 1.62 bits per heavy atom. The van der Waals surface area contributed by atoms with Crippen LogP contribution in [-0.2, 0) is 20.7 Å². The molecule has 0 fully saturated rings. The summed E-state index contributed by atoms with van der Waals surface area (Å²) in [7, 11) is 0. The number of unbranched alkanes of at least 4 members (excludes halogenated alkanes) is 2. The van der Waals surface area contributed by atoms with E-state index in [0.717, 1.165) is 31.2 Å². The molecule has 0 aliphatic rings. The average molecular weight is 334 g/mol. The smallest absolute Gasteiger partial charge is 0.328 e. The molecule has 1 rings (SSSR count). The largest absolute Gasteiger partial charge is 0.465 e. The van der Waals surface area contributed by atoms with Crippen LogP contribution in [0.15, 0.2) is 24.3 Å². The number of carbonyl (C=O) groups excluding carboxylic acids is 2. The van der Waals surface area contributed by atoms with Gasteiger partial charge in [0.2, 0.25) is 0 Å². The number of aryl methyl sites for hydroxylation is 1. The fourth-order valence-electron chi connectivity index (χ4n) is 2.66. The maximum Gasteiger partial charge on any atom is 0.328 e. The van der Waals surface area contributed by atoms with Crippen LogP contribution < -0.4 is 4.74 Å². The van der Waals surface area contributed by atoms with Crippen LogP contribution in [0, 0.1) is 5.41 Å². The van der Waals surface area contributed by atoms with Crippen LogP contribution in [-0.4, -0.2) is 18.5 Å². The van der Waals surface area contributed by atoms with E-state index in [0.29, 0.717) is 25.2 Å². The maximum absolute atomic E-state index is 12.8. The predicted octanol–water partition coefficient (Wildman–Crippen LogP) is 4.69. The van der Waals surface area contributed by atoms with Crippen molar-refractivity contribution >= 4 is 11.9 Å². The summed E-state index contributed by atoms with van der Waals surface area (Å²) in [6.07, 6.45) is 4.37. The number of esters is 2. The fraction of sp³-hybridized carbons (Fsp3) is 0.600. The highest BCUT2D eigenvalue weighted by molar-refractivity contribution is 6.00. The summed E-state index contributed by atoms with van der Waals surface area (Å²) in [6, 6.07) is 7.42. The first kappa shape index (κ1) is 20.2. The molecule has 0 aliphatic carbocycles. The molecule has 0 atom stereocenters. The maximum atomic E-state index is 12.8. The standard InChI is InChI=1S/C20H30O4/c1-5-9-12-15-23-18(21)20(7-3,8-4)19(22)24-17-14-11-10-13-16(17)6-2/h10-11,13-14H,5-9,12,15H2,1-4H3. The van der Waals surface area contributed by atoms with Crippen molar-refractivity contribution in [1.82, 2.24) is 0 Å². The van der Waals surface area contributed by atoms with Gasteiger partial charge in [0, 0.05) is 0 Å². The lowest BCUT2D eigenvalue weighted by molar-refractivity contribution is -0.168. The van der Waals surface area contributed by atoms with E-state index in [4.69, 9.17) is 9.47 Å². The third-order valence-electron chi connectivity index (χ3n) is 4.53. The van der Waals surface area contributed by atoms with Crippen molar-refractivity contribution < 1.29 is 19.1 Å². The lowest BCUT2D eigenvalue weighted by Gasteiger charge is -2.27. The van der Waals surface area contributed by atoms with Crippen molar-refractivity contribution in [3.63, 3.8) is 0 Å². The lowest BCUT2D eigenvalue weighted by Crippen LogP contribution is -2.42. The van der Waals surface area contributed by atoms with Gasteiger partial charge in [-0.25, -0.2) is 0 Å². The third kappa shape index (κ3) is 4.83. The normalized spacial score (nSPS) is 11.2. The number of para-hydroxylation sites is 1. The molecule has 0 aromatic heterocycles. The topological polar surface area (TPSA) is 52.6 Å². The molecule has 0 radical (unpaired) electrons. The minimum atomic E-state index is -1.23. The van der Waals surface area contributed by atoms with Gasteiger partial charge in [-0.15, -0.1) is 0 Å².